The van der Waals surface area contributed by atoms with Crippen LogP contribution >= 0.6 is 0 Å². The van der Waals surface area contributed by atoms with Crippen molar-refractivity contribution in [1.82, 2.24) is 4.98 Å². The summed E-state index contributed by atoms with van der Waals surface area (Å²) in [7, 11) is 0. The molecule has 1 rings (SSSR count). The van der Waals surface area contributed by atoms with E-state index in [1.165, 1.54) is 6.20 Å². The molecule has 3 nitrogen and oxygen atoms in total. The van der Waals surface area contributed by atoms with Gasteiger partial charge in [0.1, 0.15) is 6.61 Å². The van der Waals surface area contributed by atoms with Gasteiger partial charge in [0.2, 0.25) is 0 Å². The van der Waals surface area contributed by atoms with Crippen LogP contribution < -0.4 is 5.73 Å². The molecule has 0 saturated heterocycles. The van der Waals surface area contributed by atoms with Crippen LogP contribution in [0.5, 0.6) is 0 Å². The molecule has 0 aromatic carbocycles. The van der Waals surface area contributed by atoms with Crippen LogP contribution in [0.1, 0.15) is 17.2 Å². The average Bonchev–Trinajstić information content (AvgIpc) is 2.28. The lowest BCUT2D eigenvalue weighted by molar-refractivity contribution is -0.166. The topological polar surface area (TPSA) is 48.1 Å². The van der Waals surface area contributed by atoms with Crippen LogP contribution in [0.4, 0.5) is 17.6 Å². The summed E-state index contributed by atoms with van der Waals surface area (Å²) in [6, 6.07) is 1.05. The Kier molecular flexibility index (Phi) is 5.03. The fourth-order valence-corrected chi connectivity index (χ4v) is 1.26. The Hall–Kier alpha value is -1.21. The van der Waals surface area contributed by atoms with Crippen molar-refractivity contribution >= 4 is 0 Å². The fourth-order valence-electron chi connectivity index (χ4n) is 1.26. The lowest BCUT2D eigenvalue weighted by Crippen LogP contribution is -2.33. The third-order valence-electron chi connectivity index (χ3n) is 2.24. The van der Waals surface area contributed by atoms with Gasteiger partial charge in [0.15, 0.2) is 0 Å². The molecule has 0 fully saturated rings. The molecule has 1 unspecified atom stereocenters. The van der Waals surface area contributed by atoms with E-state index in [1.807, 2.05) is 0 Å². The molecule has 0 aliphatic rings. The Balaban J connectivity index is 2.45. The zero-order valence-corrected chi connectivity index (χ0v) is 9.75. The number of ether oxygens (including phenoxy) is 1. The average molecular weight is 266 g/mol. The normalized spacial score (nSPS) is 13.9. The van der Waals surface area contributed by atoms with Crippen LogP contribution in [0.15, 0.2) is 18.5 Å². The Morgan fingerprint density at radius 1 is 1.39 bits per heavy atom. The number of nitrogens with two attached hydrogens (primary N) is 1. The third kappa shape index (κ3) is 4.23. The smallest absolute Gasteiger partial charge is 0.330 e. The summed E-state index contributed by atoms with van der Waals surface area (Å²) in [6.45, 7) is 0.181. The number of aryl methyl sites for hydroxylation is 1. The van der Waals surface area contributed by atoms with Crippen LogP contribution in [-0.4, -0.2) is 30.5 Å². The lowest BCUT2D eigenvalue weighted by Gasteiger charge is -2.17. The molecule has 102 valence electrons. The molecule has 1 heterocycles. The summed E-state index contributed by atoms with van der Waals surface area (Å²) in [5.74, 6) is -4.15. The number of nitrogens with zero attached hydrogens (tertiary/aromatic N) is 1. The van der Waals surface area contributed by atoms with E-state index in [0.717, 1.165) is 5.56 Å². The van der Waals surface area contributed by atoms with Crippen molar-refractivity contribution in [2.75, 3.05) is 13.2 Å². The molecule has 0 amide bonds. The van der Waals surface area contributed by atoms with Crippen LogP contribution in [0.2, 0.25) is 0 Å². The Bertz CT molecular complexity index is 387. The van der Waals surface area contributed by atoms with Gasteiger partial charge in [0.25, 0.3) is 0 Å². The minimum absolute atomic E-state index is 0.270. The monoisotopic (exact) mass is 266 g/mol. The van der Waals surface area contributed by atoms with Gasteiger partial charge < -0.3 is 10.5 Å². The van der Waals surface area contributed by atoms with E-state index in [2.05, 4.69) is 9.72 Å². The number of alkyl halides is 4. The summed E-state index contributed by atoms with van der Waals surface area (Å²) in [6.07, 6.45) is -0.650. The number of pyridine rings is 1. The van der Waals surface area contributed by atoms with Crippen LogP contribution in [0.3, 0.4) is 0 Å². The van der Waals surface area contributed by atoms with Crippen LogP contribution in [-0.2, 0) is 4.74 Å². The third-order valence-corrected chi connectivity index (χ3v) is 2.24. The van der Waals surface area contributed by atoms with Crippen molar-refractivity contribution < 1.29 is 22.3 Å². The summed E-state index contributed by atoms with van der Waals surface area (Å²) in [4.78, 5) is 3.89. The number of rotatable bonds is 6. The number of aromatic nitrogens is 1. The molecule has 0 bridgehead atoms. The van der Waals surface area contributed by atoms with Crippen molar-refractivity contribution in [1.29, 1.82) is 0 Å². The van der Waals surface area contributed by atoms with Gasteiger partial charge in [-0.05, 0) is 18.1 Å². The van der Waals surface area contributed by atoms with Crippen LogP contribution in [0, 0.1) is 6.92 Å². The van der Waals surface area contributed by atoms with E-state index in [9.17, 15) is 17.6 Å². The van der Waals surface area contributed by atoms with E-state index in [0.29, 0.717) is 5.56 Å². The van der Waals surface area contributed by atoms with Crippen molar-refractivity contribution in [3.8, 4) is 0 Å². The second kappa shape index (κ2) is 6.10. The van der Waals surface area contributed by atoms with Gasteiger partial charge in [0.05, 0.1) is 12.6 Å². The molecular weight excluding hydrogens is 252 g/mol. The first-order valence-corrected chi connectivity index (χ1v) is 5.24. The van der Waals surface area contributed by atoms with E-state index in [-0.39, 0.29) is 6.61 Å². The Morgan fingerprint density at radius 2 is 2.06 bits per heavy atom. The van der Waals surface area contributed by atoms with Gasteiger partial charge in [-0.3, -0.25) is 4.98 Å². The number of hydrogen-bond acceptors (Lipinski definition) is 3. The standard InChI is InChI=1S/C11H14F4N2O/c1-7-2-8(4-17-3-7)9(16)5-18-6-11(14,15)10(12)13/h2-4,9-10H,5-6,16H2,1H3. The van der Waals surface area contributed by atoms with Gasteiger partial charge in [0, 0.05) is 12.4 Å². The first kappa shape index (κ1) is 14.8. The Labute approximate surface area is 102 Å². The lowest BCUT2D eigenvalue weighted by atomic mass is 10.1. The fraction of sp³-hybridized carbons (Fsp3) is 0.545. The maximum atomic E-state index is 12.5. The summed E-state index contributed by atoms with van der Waals surface area (Å²) < 4.78 is 53.3. The minimum Gasteiger partial charge on any atom is -0.373 e. The highest BCUT2D eigenvalue weighted by molar-refractivity contribution is 5.19. The van der Waals surface area contributed by atoms with E-state index < -0.39 is 25.0 Å². The highest BCUT2D eigenvalue weighted by Crippen LogP contribution is 2.23. The highest BCUT2D eigenvalue weighted by Gasteiger charge is 2.41. The van der Waals surface area contributed by atoms with Crippen LogP contribution in [0.25, 0.3) is 0 Å². The van der Waals surface area contributed by atoms with Crippen molar-refractivity contribution in [2.45, 2.75) is 25.3 Å². The minimum atomic E-state index is -4.15. The first-order valence-electron chi connectivity index (χ1n) is 5.24. The molecule has 1 atom stereocenters. The molecule has 0 spiro atoms. The molecule has 0 radical (unpaired) electrons. The quantitative estimate of drug-likeness (QED) is 0.804. The zero-order chi connectivity index (χ0) is 13.8. The molecule has 0 aliphatic heterocycles. The van der Waals surface area contributed by atoms with Crippen molar-refractivity contribution in [2.24, 2.45) is 5.73 Å². The number of halogens is 4. The van der Waals surface area contributed by atoms with Gasteiger partial charge >= 0.3 is 12.3 Å². The second-order valence-electron chi connectivity index (χ2n) is 3.98. The summed E-state index contributed by atoms with van der Waals surface area (Å²) in [5, 5.41) is 0. The molecular formula is C11H14F4N2O. The zero-order valence-electron chi connectivity index (χ0n) is 9.75. The first-order chi connectivity index (χ1) is 8.33. The summed E-state index contributed by atoms with van der Waals surface area (Å²) in [5.41, 5.74) is 7.14. The maximum absolute atomic E-state index is 12.5. The van der Waals surface area contributed by atoms with E-state index >= 15 is 0 Å². The largest absolute Gasteiger partial charge is 0.373 e. The van der Waals surface area contributed by atoms with Gasteiger partial charge in [-0.25, -0.2) is 8.78 Å². The number of hydrogen-bond donors (Lipinski definition) is 1. The predicted octanol–water partition coefficient (Wildman–Crippen LogP) is 2.31. The second-order valence-corrected chi connectivity index (χ2v) is 3.98. The molecule has 1 aromatic heterocycles. The van der Waals surface area contributed by atoms with Crippen molar-refractivity contribution in [3.63, 3.8) is 0 Å². The molecule has 18 heavy (non-hydrogen) atoms. The van der Waals surface area contributed by atoms with Gasteiger partial charge in [-0.1, -0.05) is 6.07 Å². The van der Waals surface area contributed by atoms with E-state index in [4.69, 9.17) is 5.73 Å². The van der Waals surface area contributed by atoms with Gasteiger partial charge in [-0.15, -0.1) is 0 Å². The molecule has 1 aromatic rings. The maximum Gasteiger partial charge on any atom is 0.330 e. The van der Waals surface area contributed by atoms with Gasteiger partial charge in [-0.2, -0.15) is 8.78 Å². The van der Waals surface area contributed by atoms with E-state index in [1.54, 1.807) is 19.2 Å². The predicted molar refractivity (Wildman–Crippen MR) is 57.7 cm³/mol. The SMILES string of the molecule is Cc1cncc(C(N)COCC(F)(F)C(F)F)c1. The highest BCUT2D eigenvalue weighted by atomic mass is 19.3. The Morgan fingerprint density at radius 3 is 2.61 bits per heavy atom. The van der Waals surface area contributed by atoms with Crippen molar-refractivity contribution in [3.05, 3.63) is 29.6 Å². The molecule has 0 aliphatic carbocycles. The molecule has 7 heteroatoms. The molecule has 2 N–H and O–H groups in total. The molecule has 0 saturated carbocycles. The summed E-state index contributed by atoms with van der Waals surface area (Å²) >= 11 is 0.